The molecule has 0 saturated heterocycles. The van der Waals surface area contributed by atoms with Gasteiger partial charge in [-0.25, -0.2) is 4.57 Å². The van der Waals surface area contributed by atoms with E-state index in [2.05, 4.69) is 5.32 Å². The molecule has 0 aromatic heterocycles. The number of ether oxygens (including phenoxy) is 1. The molecule has 1 heterocycles. The van der Waals surface area contributed by atoms with E-state index >= 15 is 0 Å². The van der Waals surface area contributed by atoms with E-state index in [4.69, 9.17) is 18.3 Å². The number of rotatable bonds is 12. The van der Waals surface area contributed by atoms with Crippen LogP contribution < -0.4 is 9.84 Å². The Morgan fingerprint density at radius 2 is 1.47 bits per heavy atom. The van der Waals surface area contributed by atoms with E-state index in [9.17, 15) is 9.36 Å². The number of fused-ring (bicyclic) bond motifs is 1. The van der Waals surface area contributed by atoms with Crippen molar-refractivity contribution in [3.05, 3.63) is 130 Å². The number of carbonyl (C=O) groups excluding carboxylic acids is 1. The number of hydrogen-bond donors (Lipinski definition) is 1. The third-order valence-electron chi connectivity index (χ3n) is 7.92. The van der Waals surface area contributed by atoms with Crippen molar-refractivity contribution in [2.75, 3.05) is 11.9 Å². The van der Waals surface area contributed by atoms with E-state index in [0.29, 0.717) is 5.75 Å². The Balaban J connectivity index is 1.39. The van der Waals surface area contributed by atoms with Crippen LogP contribution in [0.3, 0.4) is 0 Å². The maximum Gasteiger partial charge on any atom is 0.530 e. The van der Waals surface area contributed by atoms with Crippen molar-refractivity contribution in [1.82, 2.24) is 0 Å². The van der Waals surface area contributed by atoms with Gasteiger partial charge in [0.2, 0.25) is 0 Å². The maximum absolute atomic E-state index is 14.3. The highest BCUT2D eigenvalue weighted by molar-refractivity contribution is 7.48. The largest absolute Gasteiger partial charge is 0.530 e. The zero-order valence-electron chi connectivity index (χ0n) is 26.5. The molecule has 1 atom stereocenters. The lowest BCUT2D eigenvalue weighted by Gasteiger charge is -2.31. The van der Waals surface area contributed by atoms with Crippen LogP contribution in [-0.4, -0.2) is 12.5 Å². The average Bonchev–Trinajstić information content (AvgIpc) is 3.21. The van der Waals surface area contributed by atoms with Crippen LogP contribution in [0.1, 0.15) is 72.6 Å². The first-order valence-electron chi connectivity index (χ1n) is 15.4. The zero-order chi connectivity index (χ0) is 31.9. The molecule has 1 aliphatic heterocycles. The molecule has 0 aliphatic carbocycles. The fourth-order valence-corrected chi connectivity index (χ4v) is 7.09. The summed E-state index contributed by atoms with van der Waals surface area (Å²) in [6.45, 7) is 8.78. The third kappa shape index (κ3) is 8.64. The van der Waals surface area contributed by atoms with E-state index in [1.165, 1.54) is 0 Å². The van der Waals surface area contributed by atoms with Crippen molar-refractivity contribution in [2.24, 2.45) is 0 Å². The van der Waals surface area contributed by atoms with Gasteiger partial charge in [-0.1, -0.05) is 98.8 Å². The summed E-state index contributed by atoms with van der Waals surface area (Å²) in [4.78, 5) is 13.5. The van der Waals surface area contributed by atoms with Gasteiger partial charge in [0.15, 0.2) is 0 Å². The highest BCUT2D eigenvalue weighted by Crippen LogP contribution is 2.53. The number of aryl methyl sites for hydroxylation is 2. The van der Waals surface area contributed by atoms with Crippen LogP contribution in [0.5, 0.6) is 5.75 Å². The molecule has 0 fully saturated rings. The molecule has 45 heavy (non-hydrogen) atoms. The second-order valence-electron chi connectivity index (χ2n) is 12.2. The Bertz CT molecular complexity index is 1590. The summed E-state index contributed by atoms with van der Waals surface area (Å²) < 4.78 is 38.5. The Morgan fingerprint density at radius 3 is 2.11 bits per heavy atom. The molecule has 4 aromatic carbocycles. The molecule has 236 valence electrons. The van der Waals surface area contributed by atoms with Gasteiger partial charge in [-0.2, -0.15) is 0 Å². The number of benzene rings is 4. The number of nitrogens with one attached hydrogen (secondary N) is 1. The minimum absolute atomic E-state index is 0.0421. The smallest absolute Gasteiger partial charge is 0.457 e. The van der Waals surface area contributed by atoms with Crippen LogP contribution in [0.25, 0.3) is 0 Å². The summed E-state index contributed by atoms with van der Waals surface area (Å²) in [5.41, 5.74) is 5.51. The van der Waals surface area contributed by atoms with E-state index in [-0.39, 0.29) is 31.7 Å². The normalized spacial score (nSPS) is 15.0. The number of esters is 1. The first-order valence-corrected chi connectivity index (χ1v) is 16.9. The van der Waals surface area contributed by atoms with Crippen LogP contribution in [0, 0.1) is 13.8 Å². The molecule has 1 unspecified atom stereocenters. The number of anilines is 1. The lowest BCUT2D eigenvalue weighted by molar-refractivity contribution is -0.151. The number of phosphoric acid groups is 1. The van der Waals surface area contributed by atoms with Gasteiger partial charge in [0.25, 0.3) is 0 Å². The van der Waals surface area contributed by atoms with E-state index in [1.807, 2.05) is 125 Å². The Kier molecular flexibility index (Phi) is 10.4. The van der Waals surface area contributed by atoms with Gasteiger partial charge in [0.1, 0.15) is 11.9 Å². The van der Waals surface area contributed by atoms with Gasteiger partial charge in [0, 0.05) is 28.8 Å². The molecular weight excluding hydrogens is 585 g/mol. The summed E-state index contributed by atoms with van der Waals surface area (Å²) in [7, 11) is -4.14. The number of hydrogen-bond acceptors (Lipinski definition) is 7. The molecule has 1 N–H and O–H groups in total. The first kappa shape index (κ1) is 32.5. The lowest BCUT2D eigenvalue weighted by atomic mass is 9.78. The fourth-order valence-electron chi connectivity index (χ4n) is 5.91. The summed E-state index contributed by atoms with van der Waals surface area (Å²) in [6.07, 6.45) is 1.41. The molecular formula is C37H42NO6P. The minimum Gasteiger partial charge on any atom is -0.457 e. The highest BCUT2D eigenvalue weighted by atomic mass is 31.2. The summed E-state index contributed by atoms with van der Waals surface area (Å²) in [5.74, 6) is 0.0511. The molecule has 0 saturated carbocycles. The Hall–Kier alpha value is -3.90. The molecule has 0 radical (unpaired) electrons. The first-order chi connectivity index (χ1) is 21.6. The van der Waals surface area contributed by atoms with Crippen LogP contribution in [-0.2, 0) is 41.8 Å². The standard InChI is InChI=1S/C37H42NO6P/c1-27-22-28(2)36(37(3,4)24-35(39)43-33-20-13-21-38-32-19-12-11-18-31(32)33)34(23-27)44-45(40,41-25-29-14-7-5-8-15-29)42-26-30-16-9-6-10-17-30/h5-12,14-19,22-23,33,38H,13,20-21,24-26H2,1-4H3. The fraction of sp³-hybridized carbons (Fsp3) is 0.324. The quantitative estimate of drug-likeness (QED) is 0.124. The lowest BCUT2D eigenvalue weighted by Crippen LogP contribution is -2.26. The predicted octanol–water partition coefficient (Wildman–Crippen LogP) is 9.38. The van der Waals surface area contributed by atoms with Gasteiger partial charge < -0.3 is 14.6 Å². The summed E-state index contributed by atoms with van der Waals surface area (Å²) in [5, 5.41) is 3.43. The Labute approximate surface area is 266 Å². The van der Waals surface area contributed by atoms with Crippen molar-refractivity contribution in [3.63, 3.8) is 0 Å². The van der Waals surface area contributed by atoms with Gasteiger partial charge in [-0.3, -0.25) is 13.8 Å². The van der Waals surface area contributed by atoms with Gasteiger partial charge in [-0.15, -0.1) is 0 Å². The number of para-hydroxylation sites is 1. The van der Waals surface area contributed by atoms with Crippen molar-refractivity contribution >= 4 is 19.5 Å². The maximum atomic E-state index is 14.3. The van der Waals surface area contributed by atoms with Crippen LogP contribution in [0.2, 0.25) is 0 Å². The van der Waals surface area contributed by atoms with Crippen molar-refractivity contribution < 1.29 is 27.7 Å². The molecule has 5 rings (SSSR count). The van der Waals surface area contributed by atoms with Crippen molar-refractivity contribution in [1.29, 1.82) is 0 Å². The topological polar surface area (TPSA) is 83.1 Å². The average molecular weight is 628 g/mol. The van der Waals surface area contributed by atoms with Gasteiger partial charge in [-0.05, 0) is 61.1 Å². The van der Waals surface area contributed by atoms with Crippen LogP contribution in [0.4, 0.5) is 5.69 Å². The Morgan fingerprint density at radius 1 is 0.867 bits per heavy atom. The van der Waals surface area contributed by atoms with Crippen LogP contribution in [0.15, 0.2) is 97.1 Å². The van der Waals surface area contributed by atoms with E-state index in [0.717, 1.165) is 58.5 Å². The highest BCUT2D eigenvalue weighted by Gasteiger charge is 2.36. The second kappa shape index (κ2) is 14.5. The molecule has 0 bridgehead atoms. The van der Waals surface area contributed by atoms with Gasteiger partial charge in [0.05, 0.1) is 19.6 Å². The monoisotopic (exact) mass is 627 g/mol. The number of phosphoric ester groups is 1. The SMILES string of the molecule is Cc1cc(C)c(C(C)(C)CC(=O)OC2CCCNc3ccccc32)c(OP(=O)(OCc2ccccc2)OCc2ccccc2)c1. The molecule has 4 aromatic rings. The molecule has 1 aliphatic rings. The summed E-state index contributed by atoms with van der Waals surface area (Å²) >= 11 is 0. The van der Waals surface area contributed by atoms with Gasteiger partial charge >= 0.3 is 13.8 Å². The zero-order valence-corrected chi connectivity index (χ0v) is 27.3. The van der Waals surface area contributed by atoms with Crippen molar-refractivity contribution in [3.8, 4) is 5.75 Å². The molecule has 0 amide bonds. The van der Waals surface area contributed by atoms with Crippen molar-refractivity contribution in [2.45, 2.75) is 71.7 Å². The van der Waals surface area contributed by atoms with E-state index < -0.39 is 13.2 Å². The predicted molar refractivity (Wildman–Crippen MR) is 177 cm³/mol. The van der Waals surface area contributed by atoms with E-state index in [1.54, 1.807) is 0 Å². The molecule has 7 nitrogen and oxygen atoms in total. The number of carbonyl (C=O) groups is 1. The summed E-state index contributed by atoms with van der Waals surface area (Å²) in [6, 6.07) is 30.8. The third-order valence-corrected chi connectivity index (χ3v) is 9.23. The molecule has 8 heteroatoms. The molecule has 0 spiro atoms. The minimum atomic E-state index is -4.14. The second-order valence-corrected chi connectivity index (χ2v) is 13.8. The van der Waals surface area contributed by atoms with Crippen LogP contribution >= 0.6 is 7.82 Å².